The number of aromatic nitrogens is 1. The zero-order chi connectivity index (χ0) is 27.6. The number of carbonyl (C=O) groups is 2. The SMILES string of the molecule is C[C@@H]1CN(c2cccc(-c3csc(NC(=O)CNC(=O)c4cccc5c4OCC[C@]5(C)CO)n3)c2)C[C@H](C)O1. The lowest BCUT2D eigenvalue weighted by Gasteiger charge is -2.37. The van der Waals surface area contributed by atoms with Crippen molar-refractivity contribution in [1.29, 1.82) is 0 Å². The molecule has 1 saturated heterocycles. The van der Waals surface area contributed by atoms with Gasteiger partial charge in [0.1, 0.15) is 5.75 Å². The second kappa shape index (κ2) is 11.3. The molecule has 9 nitrogen and oxygen atoms in total. The van der Waals surface area contributed by atoms with Crippen molar-refractivity contribution in [2.75, 3.05) is 43.1 Å². The fourth-order valence-electron chi connectivity index (χ4n) is 5.16. The molecule has 0 saturated carbocycles. The van der Waals surface area contributed by atoms with Crippen LogP contribution < -0.4 is 20.3 Å². The Balaban J connectivity index is 1.20. The molecule has 206 valence electrons. The fraction of sp³-hybridized carbons (Fsp3) is 0.414. The van der Waals surface area contributed by atoms with Crippen LogP contribution >= 0.6 is 11.3 Å². The summed E-state index contributed by atoms with van der Waals surface area (Å²) >= 11 is 1.33. The van der Waals surface area contributed by atoms with Crippen LogP contribution in [0, 0.1) is 0 Å². The number of morpholine rings is 1. The Morgan fingerprint density at radius 2 is 1.95 bits per heavy atom. The molecule has 3 atom stereocenters. The molecule has 0 radical (unpaired) electrons. The van der Waals surface area contributed by atoms with Gasteiger partial charge in [0, 0.05) is 40.7 Å². The third-order valence-electron chi connectivity index (χ3n) is 7.25. The maximum absolute atomic E-state index is 12.9. The zero-order valence-corrected chi connectivity index (χ0v) is 23.2. The second-order valence-corrected chi connectivity index (χ2v) is 11.3. The van der Waals surface area contributed by atoms with Crippen LogP contribution in [0.4, 0.5) is 10.8 Å². The molecular weight excluding hydrogens is 516 g/mol. The van der Waals surface area contributed by atoms with Gasteiger partial charge in [-0.05, 0) is 38.5 Å². The highest BCUT2D eigenvalue weighted by Crippen LogP contribution is 2.40. The molecule has 3 N–H and O–H groups in total. The summed E-state index contributed by atoms with van der Waals surface area (Å²) < 4.78 is 11.6. The first kappa shape index (κ1) is 27.1. The Hall–Kier alpha value is -3.47. The van der Waals surface area contributed by atoms with Gasteiger partial charge in [0.05, 0.1) is 43.2 Å². The van der Waals surface area contributed by atoms with E-state index >= 15 is 0 Å². The normalized spacial score (nSPS) is 22.5. The number of aliphatic hydroxyl groups is 1. The zero-order valence-electron chi connectivity index (χ0n) is 22.4. The molecule has 2 aromatic carbocycles. The maximum atomic E-state index is 12.9. The van der Waals surface area contributed by atoms with Gasteiger partial charge in [-0.15, -0.1) is 11.3 Å². The number of anilines is 2. The van der Waals surface area contributed by atoms with Crippen molar-refractivity contribution >= 4 is 34.0 Å². The van der Waals surface area contributed by atoms with Crippen molar-refractivity contribution in [2.24, 2.45) is 0 Å². The lowest BCUT2D eigenvalue weighted by molar-refractivity contribution is -0.115. The molecule has 0 aliphatic carbocycles. The summed E-state index contributed by atoms with van der Waals surface area (Å²) in [5.74, 6) is -0.321. The first-order valence-corrected chi connectivity index (χ1v) is 14.1. The molecule has 1 fully saturated rings. The molecular formula is C29H34N4O5S. The van der Waals surface area contributed by atoms with Gasteiger partial charge in [0.25, 0.3) is 5.91 Å². The highest BCUT2D eigenvalue weighted by atomic mass is 32.1. The van der Waals surface area contributed by atoms with E-state index in [2.05, 4.69) is 46.5 Å². The summed E-state index contributed by atoms with van der Waals surface area (Å²) in [6.07, 6.45) is 0.995. The quantitative estimate of drug-likeness (QED) is 0.410. The van der Waals surface area contributed by atoms with E-state index in [-0.39, 0.29) is 31.3 Å². The van der Waals surface area contributed by atoms with Gasteiger partial charge in [0.15, 0.2) is 5.13 Å². The number of hydrogen-bond acceptors (Lipinski definition) is 8. The summed E-state index contributed by atoms with van der Waals surface area (Å²) in [4.78, 5) is 32.4. The fourth-order valence-corrected chi connectivity index (χ4v) is 5.89. The van der Waals surface area contributed by atoms with Crippen LogP contribution in [0.15, 0.2) is 47.8 Å². The summed E-state index contributed by atoms with van der Waals surface area (Å²) in [7, 11) is 0. The van der Waals surface area contributed by atoms with Crippen molar-refractivity contribution in [3.05, 3.63) is 59.0 Å². The molecule has 0 unspecified atom stereocenters. The number of aliphatic hydroxyl groups excluding tert-OH is 1. The Morgan fingerprint density at radius 3 is 2.72 bits per heavy atom. The van der Waals surface area contributed by atoms with E-state index in [0.29, 0.717) is 29.5 Å². The Labute approximate surface area is 232 Å². The molecule has 3 heterocycles. The Bertz CT molecular complexity index is 1350. The van der Waals surface area contributed by atoms with Crippen LogP contribution in [-0.4, -0.2) is 67.0 Å². The van der Waals surface area contributed by atoms with Crippen molar-refractivity contribution < 1.29 is 24.2 Å². The van der Waals surface area contributed by atoms with Crippen molar-refractivity contribution in [3.63, 3.8) is 0 Å². The molecule has 2 amide bonds. The molecule has 0 spiro atoms. The number of ether oxygens (including phenoxy) is 2. The smallest absolute Gasteiger partial charge is 0.255 e. The number of thiazole rings is 1. The summed E-state index contributed by atoms with van der Waals surface area (Å²) in [5, 5.41) is 17.7. The van der Waals surface area contributed by atoms with Crippen LogP contribution in [-0.2, 0) is 14.9 Å². The maximum Gasteiger partial charge on any atom is 0.255 e. The highest BCUT2D eigenvalue weighted by Gasteiger charge is 2.35. The lowest BCUT2D eigenvalue weighted by atomic mass is 9.78. The number of carbonyl (C=O) groups excluding carboxylic acids is 2. The summed E-state index contributed by atoms with van der Waals surface area (Å²) in [5.41, 5.74) is 3.53. The molecule has 39 heavy (non-hydrogen) atoms. The molecule has 1 aromatic heterocycles. The molecule has 0 bridgehead atoms. The average molecular weight is 551 g/mol. The lowest BCUT2D eigenvalue weighted by Crippen LogP contribution is -2.45. The van der Waals surface area contributed by atoms with Crippen LogP contribution in [0.3, 0.4) is 0 Å². The Morgan fingerprint density at radius 1 is 1.18 bits per heavy atom. The number of fused-ring (bicyclic) bond motifs is 1. The summed E-state index contributed by atoms with van der Waals surface area (Å²) in [6.45, 7) is 7.94. The molecule has 10 heteroatoms. The van der Waals surface area contributed by atoms with E-state index in [0.717, 1.165) is 35.6 Å². The second-order valence-electron chi connectivity index (χ2n) is 10.5. The van der Waals surface area contributed by atoms with E-state index in [1.807, 2.05) is 30.5 Å². The van der Waals surface area contributed by atoms with Gasteiger partial charge in [-0.3, -0.25) is 9.59 Å². The van der Waals surface area contributed by atoms with E-state index in [1.54, 1.807) is 12.1 Å². The van der Waals surface area contributed by atoms with Gasteiger partial charge >= 0.3 is 0 Å². The number of nitrogens with zero attached hydrogens (tertiary/aromatic N) is 2. The number of para-hydroxylation sites is 1. The van der Waals surface area contributed by atoms with E-state index in [9.17, 15) is 14.7 Å². The van der Waals surface area contributed by atoms with Gasteiger partial charge in [-0.2, -0.15) is 0 Å². The third-order valence-corrected chi connectivity index (χ3v) is 8.00. The van der Waals surface area contributed by atoms with E-state index in [4.69, 9.17) is 9.47 Å². The number of hydrogen-bond donors (Lipinski definition) is 3. The van der Waals surface area contributed by atoms with Crippen molar-refractivity contribution in [3.8, 4) is 17.0 Å². The summed E-state index contributed by atoms with van der Waals surface area (Å²) in [6, 6.07) is 13.5. The minimum absolute atomic E-state index is 0.0391. The van der Waals surface area contributed by atoms with Gasteiger partial charge in [-0.25, -0.2) is 4.98 Å². The molecule has 5 rings (SSSR count). The van der Waals surface area contributed by atoms with Crippen LogP contribution in [0.2, 0.25) is 0 Å². The minimum Gasteiger partial charge on any atom is -0.492 e. The molecule has 2 aliphatic heterocycles. The first-order valence-electron chi connectivity index (χ1n) is 13.2. The van der Waals surface area contributed by atoms with E-state index < -0.39 is 11.3 Å². The van der Waals surface area contributed by atoms with E-state index in [1.165, 1.54) is 11.3 Å². The number of benzene rings is 2. The standard InChI is InChI=1S/C29H34N4O5S/c1-18-14-33(15-19(2)38-18)21-7-4-6-20(12-21)24-16-39-28(31-24)32-25(35)13-30-27(36)22-8-5-9-23-26(22)37-11-10-29(23,3)17-34/h4-9,12,16,18-19,34H,10-11,13-15,17H2,1-3H3,(H,30,36)(H,31,32,35)/t18-,19+,29-/m1/s1. The van der Waals surface area contributed by atoms with Crippen LogP contribution in [0.1, 0.15) is 43.1 Å². The highest BCUT2D eigenvalue weighted by molar-refractivity contribution is 7.14. The first-order chi connectivity index (χ1) is 18.8. The average Bonchev–Trinajstić information content (AvgIpc) is 3.39. The minimum atomic E-state index is -0.470. The topological polar surface area (TPSA) is 113 Å². The van der Waals surface area contributed by atoms with Crippen LogP contribution in [0.5, 0.6) is 5.75 Å². The van der Waals surface area contributed by atoms with Gasteiger partial charge in [0.2, 0.25) is 5.91 Å². The third kappa shape index (κ3) is 5.93. The predicted octanol–water partition coefficient (Wildman–Crippen LogP) is 3.82. The molecule has 2 aliphatic rings. The van der Waals surface area contributed by atoms with Gasteiger partial charge in [-0.1, -0.05) is 31.2 Å². The predicted molar refractivity (Wildman–Crippen MR) is 152 cm³/mol. The van der Waals surface area contributed by atoms with Crippen LogP contribution in [0.25, 0.3) is 11.3 Å². The number of rotatable bonds is 7. The van der Waals surface area contributed by atoms with Gasteiger partial charge < -0.3 is 30.1 Å². The monoisotopic (exact) mass is 550 g/mol. The van der Waals surface area contributed by atoms with Crippen molar-refractivity contribution in [1.82, 2.24) is 10.3 Å². The number of amides is 2. The Kier molecular flexibility index (Phi) is 7.88. The largest absolute Gasteiger partial charge is 0.492 e. The van der Waals surface area contributed by atoms with Crippen molar-refractivity contribution in [2.45, 2.75) is 44.8 Å². The number of nitrogens with one attached hydrogen (secondary N) is 2. The molecule has 3 aromatic rings.